The van der Waals surface area contributed by atoms with Gasteiger partial charge in [-0.05, 0) is 18.9 Å². The van der Waals surface area contributed by atoms with Gasteiger partial charge >= 0.3 is 0 Å². The molecule has 3 rings (SSSR count). The number of aliphatic hydroxyl groups excluding tert-OH is 1. The summed E-state index contributed by atoms with van der Waals surface area (Å²) in [5.41, 5.74) is 2.54. The Bertz CT molecular complexity index is 549. The molecule has 2 N–H and O–H groups in total. The average molecular weight is 244 g/mol. The van der Waals surface area contributed by atoms with Crippen LogP contribution in [0.1, 0.15) is 19.3 Å². The van der Waals surface area contributed by atoms with Gasteiger partial charge in [0.1, 0.15) is 0 Å². The Hall–Kier alpha value is -1.48. The fourth-order valence-corrected chi connectivity index (χ4v) is 2.83. The highest BCUT2D eigenvalue weighted by molar-refractivity contribution is 5.92. The molecule has 1 heterocycles. The molecule has 96 valence electrons. The standard InChI is InChI=1S/C15H20N2O/c1-17-9-13(12-5-2-3-6-14(12)17)16-10-15(11-18)7-4-8-15/h2-3,5-6,9,16,18H,4,7-8,10-11H2,1H3. The van der Waals surface area contributed by atoms with Crippen LogP contribution in [0, 0.1) is 5.41 Å². The van der Waals surface area contributed by atoms with E-state index in [-0.39, 0.29) is 5.41 Å². The lowest BCUT2D eigenvalue weighted by molar-refractivity contribution is 0.0577. The molecule has 0 radical (unpaired) electrons. The number of para-hydroxylation sites is 1. The number of rotatable bonds is 4. The third-order valence-electron chi connectivity index (χ3n) is 4.30. The molecule has 2 aromatic rings. The first kappa shape index (κ1) is 11.6. The lowest BCUT2D eigenvalue weighted by Crippen LogP contribution is -2.39. The molecule has 0 aliphatic heterocycles. The zero-order valence-electron chi connectivity index (χ0n) is 10.8. The second-order valence-corrected chi connectivity index (χ2v) is 5.54. The van der Waals surface area contributed by atoms with Gasteiger partial charge in [0, 0.05) is 36.1 Å². The molecule has 1 aliphatic carbocycles. The molecule has 3 heteroatoms. The van der Waals surface area contributed by atoms with Crippen molar-refractivity contribution < 1.29 is 5.11 Å². The topological polar surface area (TPSA) is 37.2 Å². The number of benzene rings is 1. The average Bonchev–Trinajstić information content (AvgIpc) is 2.67. The Morgan fingerprint density at radius 2 is 2.11 bits per heavy atom. The predicted molar refractivity (Wildman–Crippen MR) is 74.8 cm³/mol. The van der Waals surface area contributed by atoms with Crippen molar-refractivity contribution in [2.45, 2.75) is 19.3 Å². The van der Waals surface area contributed by atoms with E-state index in [0.717, 1.165) is 19.4 Å². The number of hydrogen-bond acceptors (Lipinski definition) is 2. The third kappa shape index (κ3) is 1.79. The highest BCUT2D eigenvalue weighted by atomic mass is 16.3. The number of aromatic nitrogens is 1. The van der Waals surface area contributed by atoms with E-state index in [1.54, 1.807) is 0 Å². The summed E-state index contributed by atoms with van der Waals surface area (Å²) in [7, 11) is 2.07. The van der Waals surface area contributed by atoms with E-state index < -0.39 is 0 Å². The summed E-state index contributed by atoms with van der Waals surface area (Å²) in [5, 5.41) is 14.3. The van der Waals surface area contributed by atoms with Gasteiger partial charge in [0.2, 0.25) is 0 Å². The molecular weight excluding hydrogens is 224 g/mol. The van der Waals surface area contributed by atoms with Crippen LogP contribution in [-0.2, 0) is 7.05 Å². The van der Waals surface area contributed by atoms with Crippen molar-refractivity contribution in [1.82, 2.24) is 4.57 Å². The molecule has 0 spiro atoms. The number of hydrogen-bond donors (Lipinski definition) is 2. The first-order valence-corrected chi connectivity index (χ1v) is 6.63. The first-order valence-electron chi connectivity index (χ1n) is 6.63. The quantitative estimate of drug-likeness (QED) is 0.867. The van der Waals surface area contributed by atoms with E-state index in [0.29, 0.717) is 6.61 Å². The molecule has 0 unspecified atom stereocenters. The maximum Gasteiger partial charge on any atom is 0.0600 e. The number of fused-ring (bicyclic) bond motifs is 1. The largest absolute Gasteiger partial charge is 0.396 e. The van der Waals surface area contributed by atoms with Crippen molar-refractivity contribution in [2.75, 3.05) is 18.5 Å². The van der Waals surface area contributed by atoms with Crippen LogP contribution in [0.4, 0.5) is 5.69 Å². The molecule has 1 aliphatic rings. The van der Waals surface area contributed by atoms with E-state index in [9.17, 15) is 5.11 Å². The van der Waals surface area contributed by atoms with Crippen molar-refractivity contribution in [2.24, 2.45) is 12.5 Å². The molecule has 1 fully saturated rings. The lowest BCUT2D eigenvalue weighted by Gasteiger charge is -2.40. The lowest BCUT2D eigenvalue weighted by atomic mass is 9.69. The van der Waals surface area contributed by atoms with E-state index >= 15 is 0 Å². The van der Waals surface area contributed by atoms with Crippen LogP contribution in [0.5, 0.6) is 0 Å². The summed E-state index contributed by atoms with van der Waals surface area (Å²) in [6, 6.07) is 8.40. The number of anilines is 1. The second kappa shape index (κ2) is 4.32. The van der Waals surface area contributed by atoms with E-state index in [1.807, 2.05) is 0 Å². The van der Waals surface area contributed by atoms with Gasteiger partial charge in [-0.3, -0.25) is 0 Å². The number of nitrogens with one attached hydrogen (secondary N) is 1. The van der Waals surface area contributed by atoms with E-state index in [4.69, 9.17) is 0 Å². The SMILES string of the molecule is Cn1cc(NCC2(CO)CCC2)c2ccccc21. The monoisotopic (exact) mass is 244 g/mol. The van der Waals surface area contributed by atoms with Crippen LogP contribution in [0.3, 0.4) is 0 Å². The second-order valence-electron chi connectivity index (χ2n) is 5.54. The summed E-state index contributed by atoms with van der Waals surface area (Å²) >= 11 is 0. The Morgan fingerprint density at radius 3 is 2.78 bits per heavy atom. The highest BCUT2D eigenvalue weighted by Gasteiger charge is 2.36. The van der Waals surface area contributed by atoms with Gasteiger partial charge in [-0.2, -0.15) is 0 Å². The highest BCUT2D eigenvalue weighted by Crippen LogP contribution is 2.40. The number of aryl methyl sites for hydroxylation is 1. The van der Waals surface area contributed by atoms with Crippen LogP contribution < -0.4 is 5.32 Å². The Labute approximate surface area is 107 Å². The summed E-state index contributed by atoms with van der Waals surface area (Å²) < 4.78 is 2.14. The Balaban J connectivity index is 1.82. The summed E-state index contributed by atoms with van der Waals surface area (Å²) in [6.45, 7) is 1.17. The molecule has 3 nitrogen and oxygen atoms in total. The van der Waals surface area contributed by atoms with Gasteiger partial charge in [0.05, 0.1) is 12.3 Å². The molecule has 1 saturated carbocycles. The van der Waals surface area contributed by atoms with Gasteiger partial charge in [-0.25, -0.2) is 0 Å². The molecule has 0 amide bonds. The van der Waals surface area contributed by atoms with Crippen LogP contribution in [0.25, 0.3) is 10.9 Å². The molecule has 0 saturated heterocycles. The molecule has 0 bridgehead atoms. The van der Waals surface area contributed by atoms with Gasteiger partial charge in [-0.1, -0.05) is 24.6 Å². The van der Waals surface area contributed by atoms with Crippen molar-refractivity contribution >= 4 is 16.6 Å². The van der Waals surface area contributed by atoms with Crippen molar-refractivity contribution in [1.29, 1.82) is 0 Å². The smallest absolute Gasteiger partial charge is 0.0600 e. The van der Waals surface area contributed by atoms with Gasteiger partial charge in [0.25, 0.3) is 0 Å². The first-order chi connectivity index (χ1) is 8.74. The minimum Gasteiger partial charge on any atom is -0.396 e. The van der Waals surface area contributed by atoms with Crippen LogP contribution in [0.2, 0.25) is 0 Å². The van der Waals surface area contributed by atoms with Crippen LogP contribution in [-0.4, -0.2) is 22.8 Å². The van der Waals surface area contributed by atoms with Crippen LogP contribution in [0.15, 0.2) is 30.5 Å². The molecule has 1 aromatic carbocycles. The minimum atomic E-state index is 0.122. The van der Waals surface area contributed by atoms with Crippen molar-refractivity contribution in [3.05, 3.63) is 30.5 Å². The molecule has 18 heavy (non-hydrogen) atoms. The number of nitrogens with zero attached hydrogens (tertiary/aromatic N) is 1. The Kier molecular flexibility index (Phi) is 2.78. The van der Waals surface area contributed by atoms with Crippen molar-refractivity contribution in [3.8, 4) is 0 Å². The Morgan fingerprint density at radius 1 is 1.33 bits per heavy atom. The van der Waals surface area contributed by atoms with Gasteiger partial charge in [-0.15, -0.1) is 0 Å². The van der Waals surface area contributed by atoms with E-state index in [1.165, 1.54) is 23.0 Å². The van der Waals surface area contributed by atoms with Gasteiger partial charge < -0.3 is 15.0 Å². The molecular formula is C15H20N2O. The maximum absolute atomic E-state index is 9.49. The zero-order valence-corrected chi connectivity index (χ0v) is 10.8. The minimum absolute atomic E-state index is 0.122. The van der Waals surface area contributed by atoms with Crippen LogP contribution >= 0.6 is 0 Å². The fourth-order valence-electron chi connectivity index (χ4n) is 2.83. The van der Waals surface area contributed by atoms with Gasteiger partial charge in [0.15, 0.2) is 0 Å². The molecule has 0 atom stereocenters. The van der Waals surface area contributed by atoms with E-state index in [2.05, 4.69) is 47.4 Å². The normalized spacial score (nSPS) is 17.7. The van der Waals surface area contributed by atoms with Crippen molar-refractivity contribution in [3.63, 3.8) is 0 Å². The molecule has 1 aromatic heterocycles. The fraction of sp³-hybridized carbons (Fsp3) is 0.467. The predicted octanol–water partition coefficient (Wildman–Crippen LogP) is 2.75. The summed E-state index contributed by atoms with van der Waals surface area (Å²) in [4.78, 5) is 0. The maximum atomic E-state index is 9.49. The summed E-state index contributed by atoms with van der Waals surface area (Å²) in [6.07, 6.45) is 5.66. The zero-order chi connectivity index (χ0) is 12.6. The number of aliphatic hydroxyl groups is 1. The third-order valence-corrected chi connectivity index (χ3v) is 4.30. The summed E-state index contributed by atoms with van der Waals surface area (Å²) in [5.74, 6) is 0.